The molecule has 1 heterocycles. The predicted octanol–water partition coefficient (Wildman–Crippen LogP) is 2.72. The van der Waals surface area contributed by atoms with Gasteiger partial charge < -0.3 is 15.6 Å². The molecule has 0 aliphatic heterocycles. The largest absolute Gasteiger partial charge is 0.368 e. The number of aryl methyl sites for hydroxylation is 1. The van der Waals surface area contributed by atoms with E-state index in [2.05, 4.69) is 5.32 Å². The molecule has 24 heavy (non-hydrogen) atoms. The van der Waals surface area contributed by atoms with Crippen LogP contribution >= 0.6 is 0 Å². The van der Waals surface area contributed by atoms with Gasteiger partial charge in [0, 0.05) is 17.1 Å². The number of rotatable bonds is 6. The van der Waals surface area contributed by atoms with Gasteiger partial charge in [-0.3, -0.25) is 9.59 Å². The molecular weight excluding hydrogens is 302 g/mol. The van der Waals surface area contributed by atoms with Gasteiger partial charge in [0.2, 0.25) is 5.91 Å². The van der Waals surface area contributed by atoms with Crippen LogP contribution in [0.4, 0.5) is 0 Å². The second kappa shape index (κ2) is 7.34. The minimum atomic E-state index is -0.665. The molecule has 5 heteroatoms. The summed E-state index contributed by atoms with van der Waals surface area (Å²) < 4.78 is 2.03. The monoisotopic (exact) mass is 327 g/mol. The molecule has 2 unspecified atom stereocenters. The van der Waals surface area contributed by atoms with Gasteiger partial charge in [0.05, 0.1) is 5.56 Å². The van der Waals surface area contributed by atoms with E-state index in [0.29, 0.717) is 5.56 Å². The maximum absolute atomic E-state index is 12.7. The van der Waals surface area contributed by atoms with E-state index in [-0.39, 0.29) is 11.8 Å². The van der Waals surface area contributed by atoms with Gasteiger partial charge in [-0.2, -0.15) is 0 Å². The molecule has 0 aliphatic rings. The molecule has 0 bridgehead atoms. The maximum atomic E-state index is 12.7. The summed E-state index contributed by atoms with van der Waals surface area (Å²) in [7, 11) is 0. The van der Waals surface area contributed by atoms with E-state index in [0.717, 1.165) is 23.5 Å². The number of hydrogen-bond acceptors (Lipinski definition) is 2. The molecule has 0 spiro atoms. The zero-order valence-electron chi connectivity index (χ0n) is 14.7. The number of nitrogens with zero attached hydrogens (tertiary/aromatic N) is 1. The Morgan fingerprint density at radius 2 is 1.83 bits per heavy atom. The molecule has 2 aromatic rings. The molecule has 1 aromatic heterocycles. The summed E-state index contributed by atoms with van der Waals surface area (Å²) in [5, 5.41) is 2.79. The van der Waals surface area contributed by atoms with Gasteiger partial charge in [0.1, 0.15) is 6.04 Å². The number of hydrogen-bond donors (Lipinski definition) is 2. The Kier molecular flexibility index (Phi) is 5.44. The summed E-state index contributed by atoms with van der Waals surface area (Å²) in [6, 6.07) is 11.0. The highest BCUT2D eigenvalue weighted by Gasteiger charge is 2.26. The average molecular weight is 327 g/mol. The molecule has 0 aliphatic carbocycles. The Morgan fingerprint density at radius 1 is 1.21 bits per heavy atom. The van der Waals surface area contributed by atoms with Crippen LogP contribution in [0.1, 0.15) is 42.0 Å². The van der Waals surface area contributed by atoms with Crippen LogP contribution in [0.25, 0.3) is 5.69 Å². The van der Waals surface area contributed by atoms with Crippen LogP contribution < -0.4 is 11.1 Å². The van der Waals surface area contributed by atoms with Gasteiger partial charge in [-0.15, -0.1) is 0 Å². The average Bonchev–Trinajstić information content (AvgIpc) is 2.87. The van der Waals surface area contributed by atoms with Crippen molar-refractivity contribution in [2.45, 2.75) is 40.2 Å². The van der Waals surface area contributed by atoms with Crippen LogP contribution in [-0.2, 0) is 4.79 Å². The molecule has 2 amide bonds. The van der Waals surface area contributed by atoms with Gasteiger partial charge in [0.25, 0.3) is 5.91 Å². The number of para-hydroxylation sites is 1. The van der Waals surface area contributed by atoms with E-state index in [9.17, 15) is 9.59 Å². The normalized spacial score (nSPS) is 13.3. The molecule has 1 aromatic carbocycles. The first kappa shape index (κ1) is 17.8. The third kappa shape index (κ3) is 3.50. The minimum absolute atomic E-state index is 0.0101. The first-order valence-electron chi connectivity index (χ1n) is 8.21. The fourth-order valence-electron chi connectivity index (χ4n) is 2.92. The number of primary amides is 1. The first-order chi connectivity index (χ1) is 11.4. The smallest absolute Gasteiger partial charge is 0.253 e. The Labute approximate surface area is 142 Å². The standard InChI is InChI=1S/C19H25N3O2/c1-5-12(2)17(18(20)23)21-19(24)16-11-13(3)22(14(16)4)15-9-7-6-8-10-15/h6-12,17H,5H2,1-4H3,(H2,20,23)(H,21,24). The lowest BCUT2D eigenvalue weighted by atomic mass is 9.98. The molecule has 0 saturated carbocycles. The number of amides is 2. The van der Waals surface area contributed by atoms with E-state index in [4.69, 9.17) is 5.73 Å². The van der Waals surface area contributed by atoms with Crippen molar-refractivity contribution in [2.24, 2.45) is 11.7 Å². The quantitative estimate of drug-likeness (QED) is 0.856. The zero-order chi connectivity index (χ0) is 17.9. The number of carbonyl (C=O) groups excluding carboxylic acids is 2. The highest BCUT2D eigenvalue weighted by Crippen LogP contribution is 2.21. The molecule has 128 valence electrons. The van der Waals surface area contributed by atoms with Crippen molar-refractivity contribution >= 4 is 11.8 Å². The Bertz CT molecular complexity index is 735. The minimum Gasteiger partial charge on any atom is -0.368 e. The lowest BCUT2D eigenvalue weighted by Gasteiger charge is -2.21. The zero-order valence-corrected chi connectivity index (χ0v) is 14.7. The fraction of sp³-hybridized carbons (Fsp3) is 0.368. The van der Waals surface area contributed by atoms with Crippen molar-refractivity contribution in [2.75, 3.05) is 0 Å². The summed E-state index contributed by atoms with van der Waals surface area (Å²) in [5.74, 6) is -0.784. The summed E-state index contributed by atoms with van der Waals surface area (Å²) in [4.78, 5) is 24.3. The van der Waals surface area contributed by atoms with Crippen LogP contribution in [0.3, 0.4) is 0 Å². The number of nitrogens with one attached hydrogen (secondary N) is 1. The Morgan fingerprint density at radius 3 is 2.38 bits per heavy atom. The van der Waals surface area contributed by atoms with E-state index >= 15 is 0 Å². The van der Waals surface area contributed by atoms with E-state index in [1.165, 1.54) is 0 Å². The summed E-state index contributed by atoms with van der Waals surface area (Å²) in [6.07, 6.45) is 0.761. The summed E-state index contributed by atoms with van der Waals surface area (Å²) >= 11 is 0. The fourth-order valence-corrected chi connectivity index (χ4v) is 2.92. The van der Waals surface area contributed by atoms with E-state index in [1.807, 2.05) is 68.7 Å². The third-order valence-corrected chi connectivity index (χ3v) is 4.50. The van der Waals surface area contributed by atoms with Crippen LogP contribution in [-0.4, -0.2) is 22.4 Å². The maximum Gasteiger partial charge on any atom is 0.253 e. The van der Waals surface area contributed by atoms with Gasteiger partial charge in [-0.25, -0.2) is 0 Å². The number of benzene rings is 1. The second-order valence-electron chi connectivity index (χ2n) is 6.19. The van der Waals surface area contributed by atoms with Gasteiger partial charge in [-0.1, -0.05) is 38.5 Å². The second-order valence-corrected chi connectivity index (χ2v) is 6.19. The van der Waals surface area contributed by atoms with Crippen LogP contribution in [0.2, 0.25) is 0 Å². The van der Waals surface area contributed by atoms with Crippen LogP contribution in [0.15, 0.2) is 36.4 Å². The molecule has 3 N–H and O–H groups in total. The molecular formula is C19H25N3O2. The van der Waals surface area contributed by atoms with E-state index < -0.39 is 11.9 Å². The SMILES string of the molecule is CCC(C)C(NC(=O)c1cc(C)n(-c2ccccc2)c1C)C(N)=O. The highest BCUT2D eigenvalue weighted by molar-refractivity contribution is 5.98. The van der Waals surface area contributed by atoms with Crippen molar-refractivity contribution in [3.63, 3.8) is 0 Å². The predicted molar refractivity (Wildman–Crippen MR) is 95.1 cm³/mol. The molecule has 5 nitrogen and oxygen atoms in total. The topological polar surface area (TPSA) is 77.1 Å². The van der Waals surface area contributed by atoms with Crippen molar-refractivity contribution < 1.29 is 9.59 Å². The Hall–Kier alpha value is -2.56. The Balaban J connectivity index is 2.33. The molecule has 0 radical (unpaired) electrons. The van der Waals surface area contributed by atoms with Gasteiger partial charge >= 0.3 is 0 Å². The van der Waals surface area contributed by atoms with Crippen molar-refractivity contribution in [3.05, 3.63) is 53.3 Å². The van der Waals surface area contributed by atoms with Gasteiger partial charge in [0.15, 0.2) is 0 Å². The van der Waals surface area contributed by atoms with Crippen LogP contribution in [0, 0.1) is 19.8 Å². The van der Waals surface area contributed by atoms with E-state index in [1.54, 1.807) is 0 Å². The lowest BCUT2D eigenvalue weighted by molar-refractivity contribution is -0.120. The number of aromatic nitrogens is 1. The first-order valence-corrected chi connectivity index (χ1v) is 8.21. The number of carbonyl (C=O) groups is 2. The number of nitrogens with two attached hydrogens (primary N) is 1. The van der Waals surface area contributed by atoms with Crippen molar-refractivity contribution in [3.8, 4) is 5.69 Å². The molecule has 0 fully saturated rings. The molecule has 2 atom stereocenters. The highest BCUT2D eigenvalue weighted by atomic mass is 16.2. The molecule has 2 rings (SSSR count). The van der Waals surface area contributed by atoms with Crippen molar-refractivity contribution in [1.29, 1.82) is 0 Å². The summed E-state index contributed by atoms with van der Waals surface area (Å²) in [6.45, 7) is 7.73. The molecule has 0 saturated heterocycles. The lowest BCUT2D eigenvalue weighted by Crippen LogP contribution is -2.48. The van der Waals surface area contributed by atoms with Crippen LogP contribution in [0.5, 0.6) is 0 Å². The third-order valence-electron chi connectivity index (χ3n) is 4.50. The van der Waals surface area contributed by atoms with Crippen molar-refractivity contribution in [1.82, 2.24) is 9.88 Å². The van der Waals surface area contributed by atoms with Gasteiger partial charge in [-0.05, 0) is 38.0 Å². The summed E-state index contributed by atoms with van der Waals surface area (Å²) in [5.41, 5.74) is 8.80.